The van der Waals surface area contributed by atoms with Gasteiger partial charge in [-0.1, -0.05) is 121 Å². The highest BCUT2D eigenvalue weighted by Gasteiger charge is 2.80. The molecule has 5 aromatic carbocycles. The zero-order valence-corrected chi connectivity index (χ0v) is 31.6. The van der Waals surface area contributed by atoms with Gasteiger partial charge in [-0.05, 0) is 58.5 Å². The van der Waals surface area contributed by atoms with Crippen molar-refractivity contribution in [1.82, 2.24) is 0 Å². The lowest BCUT2D eigenvalue weighted by Gasteiger charge is -2.55. The Morgan fingerprint density at radius 1 is 0.772 bits per heavy atom. The minimum absolute atomic E-state index is 0.0246. The van der Waals surface area contributed by atoms with Crippen LogP contribution in [0.25, 0.3) is 0 Å². The van der Waals surface area contributed by atoms with Gasteiger partial charge in [0, 0.05) is 17.7 Å². The summed E-state index contributed by atoms with van der Waals surface area (Å²) in [7, 11) is 1.34. The highest BCUT2D eigenvalue weighted by molar-refractivity contribution is 6.31. The Morgan fingerprint density at radius 3 is 1.88 bits per heavy atom. The smallest absolute Gasteiger partial charge is 0.422 e. The van der Waals surface area contributed by atoms with Gasteiger partial charge in [0.15, 0.2) is 6.61 Å². The Morgan fingerprint density at radius 2 is 1.33 bits per heavy atom. The van der Waals surface area contributed by atoms with E-state index in [-0.39, 0.29) is 32.0 Å². The maximum atomic E-state index is 13.7. The van der Waals surface area contributed by atoms with E-state index in [2.05, 4.69) is 0 Å². The van der Waals surface area contributed by atoms with Gasteiger partial charge in [-0.3, -0.25) is 0 Å². The topological polar surface area (TPSA) is 102 Å². The summed E-state index contributed by atoms with van der Waals surface area (Å²) in [5.74, 6) is -5.38. The molecule has 0 saturated carbocycles. The van der Waals surface area contributed by atoms with Crippen LogP contribution in [0.4, 0.5) is 13.2 Å². The second-order valence-electron chi connectivity index (χ2n) is 13.8. The molecule has 2 aliphatic heterocycles. The lowest BCUT2D eigenvalue weighted by atomic mass is 9.79. The number of aliphatic carboxylic acids is 1. The van der Waals surface area contributed by atoms with Crippen molar-refractivity contribution in [3.63, 3.8) is 0 Å². The van der Waals surface area contributed by atoms with Gasteiger partial charge < -0.3 is 38.3 Å². The van der Waals surface area contributed by atoms with E-state index in [1.54, 1.807) is 30.3 Å². The van der Waals surface area contributed by atoms with Crippen molar-refractivity contribution >= 4 is 17.6 Å². The van der Waals surface area contributed by atoms with E-state index < -0.39 is 54.7 Å². The first-order valence-corrected chi connectivity index (χ1v) is 18.5. The number of methoxy groups -OCH3 is 1. The fourth-order valence-electron chi connectivity index (χ4n) is 7.26. The third-order valence-corrected chi connectivity index (χ3v) is 10.4. The molecule has 7 rings (SSSR count). The van der Waals surface area contributed by atoms with E-state index >= 15 is 0 Å². The summed E-state index contributed by atoms with van der Waals surface area (Å²) >= 11 is 6.76. The summed E-state index contributed by atoms with van der Waals surface area (Å²) in [6.45, 7) is -1.92. The number of benzene rings is 5. The standard InChI is InChI=1S/C44H40ClF3O9/c1-51-44(55-27-33-15-9-4-10-16-33)39(53-26-32-13-7-3-8-14-32)38(52-25-31-11-5-2-6-12-31)43(56-28-41(44,57-43)40(49)50)35-19-22-37(45)34(24-35)23-30-17-20-36(21-18-30)54-29-42(46,47)48/h2-22,24,38-39H,23,25-29H2,1H3,(H,49,50)/t38-,39+,41-,43+,44+/m1/s1. The molecule has 13 heteroatoms. The molecule has 5 aromatic rings. The molecule has 1 N–H and O–H groups in total. The van der Waals surface area contributed by atoms with Gasteiger partial charge in [-0.15, -0.1) is 0 Å². The number of ether oxygens (including phenoxy) is 7. The Balaban J connectivity index is 1.32. The molecular formula is C44H40ClF3O9. The normalized spacial score (nSPS) is 24.3. The van der Waals surface area contributed by atoms with Gasteiger partial charge in [0.2, 0.25) is 17.2 Å². The summed E-state index contributed by atoms with van der Waals surface area (Å²) in [4.78, 5) is 13.7. The first kappa shape index (κ1) is 40.4. The van der Waals surface area contributed by atoms with Gasteiger partial charge in [-0.2, -0.15) is 13.2 Å². The van der Waals surface area contributed by atoms with Gasteiger partial charge in [0.1, 0.15) is 18.0 Å². The zero-order chi connectivity index (χ0) is 40.1. The van der Waals surface area contributed by atoms with Crippen LogP contribution in [0.3, 0.4) is 0 Å². The van der Waals surface area contributed by atoms with E-state index in [0.717, 1.165) is 22.3 Å². The summed E-state index contributed by atoms with van der Waals surface area (Å²) in [6, 6.07) is 39.3. The number of carboxylic acids is 1. The molecule has 9 nitrogen and oxygen atoms in total. The average Bonchev–Trinajstić information content (AvgIpc) is 3.61. The van der Waals surface area contributed by atoms with E-state index in [4.69, 9.17) is 44.8 Å². The molecule has 2 saturated heterocycles. The molecule has 0 unspecified atom stereocenters. The monoisotopic (exact) mass is 804 g/mol. The van der Waals surface area contributed by atoms with Gasteiger partial charge in [-0.25, -0.2) is 4.79 Å². The highest BCUT2D eigenvalue weighted by atomic mass is 35.5. The quantitative estimate of drug-likeness (QED) is 0.0983. The lowest BCUT2D eigenvalue weighted by molar-refractivity contribution is -0.428. The molecule has 0 amide bonds. The van der Waals surface area contributed by atoms with Gasteiger partial charge in [0.05, 0.1) is 26.4 Å². The number of hydrogen-bond acceptors (Lipinski definition) is 8. The highest BCUT2D eigenvalue weighted by Crippen LogP contribution is 2.58. The third kappa shape index (κ3) is 8.44. The molecule has 2 fully saturated rings. The molecule has 0 aromatic heterocycles. The van der Waals surface area contributed by atoms with Crippen molar-refractivity contribution in [3.05, 3.63) is 172 Å². The Labute approximate surface area is 332 Å². The minimum Gasteiger partial charge on any atom is -0.484 e. The molecule has 57 heavy (non-hydrogen) atoms. The fraction of sp³-hybridized carbons (Fsp3) is 0.295. The van der Waals surface area contributed by atoms with Crippen molar-refractivity contribution in [2.75, 3.05) is 20.3 Å². The first-order chi connectivity index (χ1) is 27.5. The SMILES string of the molecule is CO[C@]1(OCc2ccccc2)[C@@H](OCc2ccccc2)[C@@H](OCc2ccccc2)[C@@]2(c3ccc(Cl)c(Cc4ccc(OCC(F)(F)F)cc4)c3)OC[C@]1(C(=O)O)O2. The van der Waals surface area contributed by atoms with Crippen molar-refractivity contribution < 1.29 is 56.2 Å². The number of alkyl halides is 3. The van der Waals surface area contributed by atoms with Crippen LogP contribution in [0.5, 0.6) is 5.75 Å². The number of carboxylic acid groups (broad SMARTS) is 1. The average molecular weight is 805 g/mol. The fourth-order valence-corrected chi connectivity index (χ4v) is 7.45. The first-order valence-electron chi connectivity index (χ1n) is 18.2. The maximum absolute atomic E-state index is 13.7. The van der Waals surface area contributed by atoms with Gasteiger partial charge in [0.25, 0.3) is 0 Å². The predicted molar refractivity (Wildman–Crippen MR) is 202 cm³/mol. The molecule has 0 spiro atoms. The summed E-state index contributed by atoms with van der Waals surface area (Å²) in [5.41, 5.74) is 1.78. The number of halogens is 4. The van der Waals surface area contributed by atoms with E-state index in [0.29, 0.717) is 16.1 Å². The molecule has 5 atom stereocenters. The van der Waals surface area contributed by atoms with Crippen molar-refractivity contribution in [2.24, 2.45) is 0 Å². The van der Waals surface area contributed by atoms with Crippen LogP contribution in [0.1, 0.15) is 33.4 Å². The molecule has 0 radical (unpaired) electrons. The van der Waals surface area contributed by atoms with Crippen LogP contribution in [-0.2, 0) is 65.2 Å². The van der Waals surface area contributed by atoms with Crippen molar-refractivity contribution in [3.8, 4) is 5.75 Å². The van der Waals surface area contributed by atoms with Crippen molar-refractivity contribution in [1.29, 1.82) is 0 Å². The molecular weight excluding hydrogens is 765 g/mol. The van der Waals surface area contributed by atoms with E-state index in [9.17, 15) is 23.1 Å². The minimum atomic E-state index is -4.47. The number of hydrogen-bond donors (Lipinski definition) is 1. The second-order valence-corrected chi connectivity index (χ2v) is 14.2. The zero-order valence-electron chi connectivity index (χ0n) is 30.8. The summed E-state index contributed by atoms with van der Waals surface area (Å²) in [6.07, 6.45) is -6.73. The maximum Gasteiger partial charge on any atom is 0.422 e. The predicted octanol–water partition coefficient (Wildman–Crippen LogP) is 8.64. The summed E-state index contributed by atoms with van der Waals surface area (Å²) in [5, 5.41) is 11.6. The van der Waals surface area contributed by atoms with E-state index in [1.807, 2.05) is 91.0 Å². The second kappa shape index (κ2) is 17.0. The number of fused-ring (bicyclic) bond motifs is 2. The molecule has 2 bridgehead atoms. The van der Waals surface area contributed by atoms with Crippen LogP contribution in [0, 0.1) is 0 Å². The molecule has 2 heterocycles. The number of carbonyl (C=O) groups is 1. The largest absolute Gasteiger partial charge is 0.484 e. The van der Waals surface area contributed by atoms with Gasteiger partial charge >= 0.3 is 12.1 Å². The molecule has 298 valence electrons. The Kier molecular flexibility index (Phi) is 12.0. The van der Waals surface area contributed by atoms with Crippen LogP contribution >= 0.6 is 11.6 Å². The molecule has 2 aliphatic rings. The summed E-state index contributed by atoms with van der Waals surface area (Å²) < 4.78 is 82.8. The Bertz CT molecular complexity index is 2110. The lowest BCUT2D eigenvalue weighted by Crippen LogP contribution is -2.77. The van der Waals surface area contributed by atoms with Crippen LogP contribution in [-0.4, -0.2) is 61.2 Å². The van der Waals surface area contributed by atoms with E-state index in [1.165, 1.54) is 19.2 Å². The van der Waals surface area contributed by atoms with Crippen molar-refractivity contribution in [2.45, 2.75) is 61.8 Å². The van der Waals surface area contributed by atoms with Crippen LogP contribution in [0.2, 0.25) is 5.02 Å². The third-order valence-electron chi connectivity index (χ3n) is 10.1. The van der Waals surface area contributed by atoms with Crippen LogP contribution in [0.15, 0.2) is 133 Å². The Hall–Kier alpha value is -4.79. The molecule has 0 aliphatic carbocycles. The van der Waals surface area contributed by atoms with Crippen LogP contribution < -0.4 is 4.74 Å². The number of rotatable bonds is 16.